The normalized spacial score (nSPS) is 19.1. The summed E-state index contributed by atoms with van der Waals surface area (Å²) in [5.74, 6) is -0.300. The lowest BCUT2D eigenvalue weighted by molar-refractivity contribution is -0.128. The largest absolute Gasteiger partial charge is 0.369 e. The van der Waals surface area contributed by atoms with Gasteiger partial charge in [-0.2, -0.15) is 0 Å². The van der Waals surface area contributed by atoms with E-state index in [2.05, 4.69) is 27.2 Å². The third kappa shape index (κ3) is 4.71. The molecule has 1 aliphatic rings. The highest BCUT2D eigenvalue weighted by atomic mass is 16.2. The summed E-state index contributed by atoms with van der Waals surface area (Å²) in [6.07, 6.45) is 9.16. The Bertz CT molecular complexity index is 999. The predicted molar refractivity (Wildman–Crippen MR) is 117 cm³/mol. The third-order valence-electron chi connectivity index (χ3n) is 4.97. The second-order valence-electron chi connectivity index (χ2n) is 7.43. The molecule has 0 saturated carbocycles. The molecule has 0 fully saturated rings. The molecule has 1 aliphatic heterocycles. The molecule has 156 valence electrons. The lowest BCUT2D eigenvalue weighted by Gasteiger charge is -2.33. The van der Waals surface area contributed by atoms with Gasteiger partial charge in [0.2, 0.25) is 5.91 Å². The Balaban J connectivity index is 1.75. The molecule has 0 aliphatic carbocycles. The summed E-state index contributed by atoms with van der Waals surface area (Å²) >= 11 is 0. The van der Waals surface area contributed by atoms with Crippen LogP contribution in [0.4, 0.5) is 5.69 Å². The van der Waals surface area contributed by atoms with Gasteiger partial charge < -0.3 is 11.1 Å². The summed E-state index contributed by atoms with van der Waals surface area (Å²) in [5.41, 5.74) is 7.39. The fraction of sp³-hybridized carbons (Fsp3) is 0.318. The van der Waals surface area contributed by atoms with Gasteiger partial charge in [0.1, 0.15) is 5.69 Å². The van der Waals surface area contributed by atoms with E-state index in [1.165, 1.54) is 11.1 Å². The Morgan fingerprint density at radius 1 is 1.33 bits per heavy atom. The molecule has 1 unspecified atom stereocenters. The van der Waals surface area contributed by atoms with Crippen LogP contribution in [0.2, 0.25) is 0 Å². The van der Waals surface area contributed by atoms with Crippen LogP contribution in [0, 0.1) is 0 Å². The molecule has 2 aromatic rings. The maximum absolute atomic E-state index is 12.6. The number of carbonyl (C=O) groups is 2. The molecule has 1 aromatic heterocycles. The zero-order valence-electron chi connectivity index (χ0n) is 17.4. The fourth-order valence-electron chi connectivity index (χ4n) is 3.11. The molecule has 2 heterocycles. The number of nitrogens with two attached hydrogens (primary N) is 1. The van der Waals surface area contributed by atoms with E-state index in [9.17, 15) is 9.59 Å². The standard InChI is InChI=1S/C22H26N6O2/c1-4-5-6-9-17-13-25-18(14-24-17)20(30)26-16-10-7-8-15(11-16)22(2)12-19(29)28(3)21(23)27-22/h6-11,13-14H,4-5,12H2,1-3H3,(H2,23,27)(H,26,30)/b9-6+. The van der Waals surface area contributed by atoms with Crippen LogP contribution in [0.1, 0.15) is 54.9 Å². The van der Waals surface area contributed by atoms with E-state index in [4.69, 9.17) is 5.73 Å². The molecule has 2 amide bonds. The minimum atomic E-state index is -0.791. The number of amides is 2. The first kappa shape index (κ1) is 21.2. The molecule has 8 nitrogen and oxygen atoms in total. The molecule has 8 heteroatoms. The average Bonchev–Trinajstić information content (AvgIpc) is 2.73. The summed E-state index contributed by atoms with van der Waals surface area (Å²) in [4.78, 5) is 39.1. The highest BCUT2D eigenvalue weighted by Crippen LogP contribution is 2.34. The Labute approximate surface area is 175 Å². The number of nitrogens with one attached hydrogen (secondary N) is 1. The van der Waals surface area contributed by atoms with Crippen molar-refractivity contribution in [2.24, 2.45) is 10.7 Å². The number of anilines is 1. The lowest BCUT2D eigenvalue weighted by Crippen LogP contribution is -2.47. The van der Waals surface area contributed by atoms with Gasteiger partial charge in [0, 0.05) is 12.7 Å². The monoisotopic (exact) mass is 406 g/mol. The molecule has 0 saturated heterocycles. The highest BCUT2D eigenvalue weighted by Gasteiger charge is 2.36. The molecule has 0 spiro atoms. The average molecular weight is 406 g/mol. The summed E-state index contributed by atoms with van der Waals surface area (Å²) < 4.78 is 0. The third-order valence-corrected chi connectivity index (χ3v) is 4.97. The molecule has 3 N–H and O–H groups in total. The number of allylic oxidation sites excluding steroid dienone is 1. The smallest absolute Gasteiger partial charge is 0.275 e. The zero-order chi connectivity index (χ0) is 21.7. The second-order valence-corrected chi connectivity index (χ2v) is 7.43. The zero-order valence-corrected chi connectivity index (χ0v) is 17.4. The first-order valence-electron chi connectivity index (χ1n) is 9.85. The van der Waals surface area contributed by atoms with Gasteiger partial charge >= 0.3 is 0 Å². The fourth-order valence-corrected chi connectivity index (χ4v) is 3.11. The topological polar surface area (TPSA) is 114 Å². The molecule has 30 heavy (non-hydrogen) atoms. The number of benzene rings is 1. The van der Waals surface area contributed by atoms with Crippen LogP contribution in [-0.4, -0.2) is 39.7 Å². The molecule has 3 rings (SSSR count). The van der Waals surface area contributed by atoms with Crippen LogP contribution in [0.5, 0.6) is 0 Å². The molecular weight excluding hydrogens is 380 g/mol. The molecule has 1 aromatic carbocycles. The SMILES string of the molecule is CCC/C=C/c1cnc(C(=O)Nc2cccc(C3(C)CC(=O)N(C)C(N)=N3)c2)cn1. The Hall–Kier alpha value is -3.55. The first-order valence-corrected chi connectivity index (χ1v) is 9.85. The quantitative estimate of drug-likeness (QED) is 0.766. The molecule has 0 bridgehead atoms. The van der Waals surface area contributed by atoms with E-state index in [0.717, 1.165) is 18.4 Å². The van der Waals surface area contributed by atoms with Crippen LogP contribution in [0.25, 0.3) is 6.08 Å². The van der Waals surface area contributed by atoms with E-state index in [1.807, 2.05) is 25.1 Å². The van der Waals surface area contributed by atoms with Crippen molar-refractivity contribution in [2.45, 2.75) is 38.6 Å². The van der Waals surface area contributed by atoms with Crippen molar-refractivity contribution in [1.29, 1.82) is 0 Å². The number of aromatic nitrogens is 2. The number of hydrogen-bond donors (Lipinski definition) is 2. The number of nitrogens with zero attached hydrogens (tertiary/aromatic N) is 4. The van der Waals surface area contributed by atoms with Gasteiger partial charge in [-0.3, -0.25) is 19.5 Å². The van der Waals surface area contributed by atoms with Crippen LogP contribution in [0.15, 0.2) is 47.7 Å². The first-order chi connectivity index (χ1) is 14.3. The Kier molecular flexibility index (Phi) is 6.25. The van der Waals surface area contributed by atoms with Crippen molar-refractivity contribution >= 4 is 29.5 Å². The van der Waals surface area contributed by atoms with Crippen molar-refractivity contribution in [1.82, 2.24) is 14.9 Å². The number of carbonyl (C=O) groups excluding carboxylic acids is 2. The van der Waals surface area contributed by atoms with Gasteiger partial charge in [-0.15, -0.1) is 0 Å². The van der Waals surface area contributed by atoms with Gasteiger partial charge in [-0.1, -0.05) is 31.6 Å². The van der Waals surface area contributed by atoms with Crippen molar-refractivity contribution < 1.29 is 9.59 Å². The maximum atomic E-state index is 12.6. The van der Waals surface area contributed by atoms with Crippen molar-refractivity contribution in [3.63, 3.8) is 0 Å². The van der Waals surface area contributed by atoms with Crippen molar-refractivity contribution in [3.05, 3.63) is 59.7 Å². The van der Waals surface area contributed by atoms with E-state index in [0.29, 0.717) is 11.4 Å². The van der Waals surface area contributed by atoms with Crippen LogP contribution in [-0.2, 0) is 10.3 Å². The van der Waals surface area contributed by atoms with Crippen LogP contribution in [0.3, 0.4) is 0 Å². The van der Waals surface area contributed by atoms with Crippen molar-refractivity contribution in [2.75, 3.05) is 12.4 Å². The van der Waals surface area contributed by atoms with E-state index >= 15 is 0 Å². The number of guanidine groups is 1. The predicted octanol–water partition coefficient (Wildman–Crippen LogP) is 2.93. The number of hydrogen-bond acceptors (Lipinski definition) is 6. The summed E-state index contributed by atoms with van der Waals surface area (Å²) in [7, 11) is 1.60. The van der Waals surface area contributed by atoms with Gasteiger partial charge in [0.15, 0.2) is 5.96 Å². The van der Waals surface area contributed by atoms with Gasteiger partial charge in [0.25, 0.3) is 5.91 Å². The maximum Gasteiger partial charge on any atom is 0.275 e. The minimum Gasteiger partial charge on any atom is -0.369 e. The second kappa shape index (κ2) is 8.86. The number of unbranched alkanes of at least 4 members (excludes halogenated alkanes) is 1. The Morgan fingerprint density at radius 2 is 2.13 bits per heavy atom. The number of rotatable bonds is 6. The molecule has 0 radical (unpaired) electrons. The van der Waals surface area contributed by atoms with E-state index in [-0.39, 0.29) is 29.9 Å². The van der Waals surface area contributed by atoms with Gasteiger partial charge in [-0.05, 0) is 37.1 Å². The van der Waals surface area contributed by atoms with Crippen LogP contribution < -0.4 is 11.1 Å². The lowest BCUT2D eigenvalue weighted by atomic mass is 9.87. The van der Waals surface area contributed by atoms with Gasteiger partial charge in [0.05, 0.1) is 30.0 Å². The van der Waals surface area contributed by atoms with Gasteiger partial charge in [-0.25, -0.2) is 9.98 Å². The summed E-state index contributed by atoms with van der Waals surface area (Å²) in [6, 6.07) is 7.23. The minimum absolute atomic E-state index is 0.109. The van der Waals surface area contributed by atoms with E-state index < -0.39 is 5.54 Å². The van der Waals surface area contributed by atoms with E-state index in [1.54, 1.807) is 31.4 Å². The summed E-state index contributed by atoms with van der Waals surface area (Å²) in [6.45, 7) is 3.95. The summed E-state index contributed by atoms with van der Waals surface area (Å²) in [5, 5.41) is 2.82. The number of aliphatic imine (C=N–C) groups is 1. The van der Waals surface area contributed by atoms with Crippen molar-refractivity contribution in [3.8, 4) is 0 Å². The molecular formula is C22H26N6O2. The Morgan fingerprint density at radius 3 is 2.80 bits per heavy atom. The molecule has 1 atom stereocenters. The highest BCUT2D eigenvalue weighted by molar-refractivity contribution is 6.03. The van der Waals surface area contributed by atoms with Crippen LogP contribution >= 0.6 is 0 Å².